The van der Waals surface area contributed by atoms with Crippen molar-refractivity contribution < 1.29 is 4.79 Å². The molecule has 1 amide bonds. The van der Waals surface area contributed by atoms with Gasteiger partial charge in [-0.1, -0.05) is 24.7 Å². The number of nitrogens with one attached hydrogen (secondary N) is 1. The number of carbonyl (C=O) groups is 1. The first kappa shape index (κ1) is 14.6. The Kier molecular flexibility index (Phi) is 4.33. The second-order valence-corrected chi connectivity index (χ2v) is 7.15. The number of nitrogens with two attached hydrogens (primary N) is 1. The number of nitrogens with zero attached hydrogens (tertiary/aromatic N) is 2. The summed E-state index contributed by atoms with van der Waals surface area (Å²) in [6, 6.07) is 0.530. The van der Waals surface area contributed by atoms with Gasteiger partial charge in [-0.2, -0.15) is 0 Å². The van der Waals surface area contributed by atoms with Crippen LogP contribution in [0.1, 0.15) is 55.1 Å². The van der Waals surface area contributed by atoms with Crippen LogP contribution in [0.15, 0.2) is 0 Å². The smallest absolute Gasteiger partial charge is 0.267 e. The highest BCUT2D eigenvalue weighted by Crippen LogP contribution is 2.32. The van der Waals surface area contributed by atoms with Gasteiger partial charge in [-0.15, -0.1) is 0 Å². The Bertz CT molecular complexity index is 512. The molecule has 3 N–H and O–H groups in total. The number of likely N-dealkylation sites (tertiary alicyclic amines) is 1. The van der Waals surface area contributed by atoms with E-state index in [9.17, 15) is 4.79 Å². The molecule has 1 aromatic heterocycles. The van der Waals surface area contributed by atoms with Crippen LogP contribution in [-0.4, -0.2) is 34.9 Å². The van der Waals surface area contributed by atoms with Crippen molar-refractivity contribution >= 4 is 28.2 Å². The Morgan fingerprint density at radius 2 is 2.19 bits per heavy atom. The molecule has 0 bridgehead atoms. The molecule has 1 aliphatic carbocycles. The molecular weight excluding hydrogens is 284 g/mol. The van der Waals surface area contributed by atoms with E-state index >= 15 is 0 Å². The summed E-state index contributed by atoms with van der Waals surface area (Å²) < 4.78 is 0. The summed E-state index contributed by atoms with van der Waals surface area (Å²) in [4.78, 5) is 19.5. The Morgan fingerprint density at radius 1 is 1.38 bits per heavy atom. The summed E-state index contributed by atoms with van der Waals surface area (Å²) in [6.07, 6.45) is 7.01. The van der Waals surface area contributed by atoms with Crippen molar-refractivity contribution in [2.24, 2.45) is 5.92 Å². The SMILES string of the molecule is CCC1CCCN(C(=O)c2sc(NC3CC3)nc2N)CC1. The van der Waals surface area contributed by atoms with Crippen molar-refractivity contribution in [1.82, 2.24) is 9.88 Å². The summed E-state index contributed by atoms with van der Waals surface area (Å²) >= 11 is 1.40. The van der Waals surface area contributed by atoms with Crippen LogP contribution in [0.4, 0.5) is 10.9 Å². The maximum absolute atomic E-state index is 12.7. The maximum atomic E-state index is 12.7. The Morgan fingerprint density at radius 3 is 2.90 bits per heavy atom. The molecule has 2 fully saturated rings. The second-order valence-electron chi connectivity index (χ2n) is 6.15. The molecule has 3 rings (SSSR count). The summed E-state index contributed by atoms with van der Waals surface area (Å²) in [5, 5.41) is 4.11. The lowest BCUT2D eigenvalue weighted by atomic mass is 9.98. The number of thiazole rings is 1. The number of hydrogen-bond donors (Lipinski definition) is 2. The Labute approximate surface area is 129 Å². The Balaban J connectivity index is 1.67. The molecule has 5 nitrogen and oxygen atoms in total. The largest absolute Gasteiger partial charge is 0.382 e. The van der Waals surface area contributed by atoms with Crippen LogP contribution in [0.2, 0.25) is 0 Å². The summed E-state index contributed by atoms with van der Waals surface area (Å²) in [5.74, 6) is 1.20. The fourth-order valence-electron chi connectivity index (χ4n) is 2.87. The van der Waals surface area contributed by atoms with Gasteiger partial charge in [-0.3, -0.25) is 4.79 Å². The van der Waals surface area contributed by atoms with Crippen LogP contribution in [0.25, 0.3) is 0 Å². The van der Waals surface area contributed by atoms with Crippen LogP contribution in [0.5, 0.6) is 0 Å². The number of amides is 1. The molecule has 1 unspecified atom stereocenters. The average Bonchev–Trinajstić information content (AvgIpc) is 3.24. The van der Waals surface area contributed by atoms with E-state index < -0.39 is 0 Å². The monoisotopic (exact) mass is 308 g/mol. The lowest BCUT2D eigenvalue weighted by Crippen LogP contribution is -2.31. The Hall–Kier alpha value is -1.30. The first-order valence-electron chi connectivity index (χ1n) is 7.99. The number of hydrogen-bond acceptors (Lipinski definition) is 5. The zero-order valence-corrected chi connectivity index (χ0v) is 13.4. The number of aromatic nitrogens is 1. The lowest BCUT2D eigenvalue weighted by molar-refractivity contribution is 0.0765. The van der Waals surface area contributed by atoms with E-state index in [0.29, 0.717) is 16.7 Å². The molecule has 6 heteroatoms. The van der Waals surface area contributed by atoms with E-state index in [2.05, 4.69) is 17.2 Å². The molecule has 0 radical (unpaired) electrons. The van der Waals surface area contributed by atoms with E-state index in [0.717, 1.165) is 37.0 Å². The van der Waals surface area contributed by atoms with Gasteiger partial charge in [0.1, 0.15) is 10.7 Å². The molecule has 1 aliphatic heterocycles. The molecule has 1 saturated heterocycles. The third-order valence-electron chi connectivity index (χ3n) is 4.46. The third-order valence-corrected chi connectivity index (χ3v) is 5.46. The zero-order chi connectivity index (χ0) is 14.8. The van der Waals surface area contributed by atoms with E-state index in [4.69, 9.17) is 5.73 Å². The lowest BCUT2D eigenvalue weighted by Gasteiger charge is -2.19. The van der Waals surface area contributed by atoms with Gasteiger partial charge >= 0.3 is 0 Å². The molecule has 116 valence electrons. The van der Waals surface area contributed by atoms with Crippen LogP contribution < -0.4 is 11.1 Å². The van der Waals surface area contributed by atoms with E-state index in [1.54, 1.807) is 0 Å². The van der Waals surface area contributed by atoms with E-state index in [1.807, 2.05) is 4.90 Å². The highest BCUT2D eigenvalue weighted by molar-refractivity contribution is 7.18. The highest BCUT2D eigenvalue weighted by Gasteiger charge is 2.27. The fourth-order valence-corrected chi connectivity index (χ4v) is 3.80. The minimum Gasteiger partial charge on any atom is -0.382 e. The average molecular weight is 308 g/mol. The molecule has 2 aliphatic rings. The van der Waals surface area contributed by atoms with E-state index in [-0.39, 0.29) is 5.91 Å². The number of carbonyl (C=O) groups excluding carboxylic acids is 1. The molecule has 1 saturated carbocycles. The van der Waals surface area contributed by atoms with Crippen molar-refractivity contribution in [3.63, 3.8) is 0 Å². The highest BCUT2D eigenvalue weighted by atomic mass is 32.1. The minimum absolute atomic E-state index is 0.0607. The topological polar surface area (TPSA) is 71.2 Å². The minimum atomic E-state index is 0.0607. The van der Waals surface area contributed by atoms with Gasteiger partial charge in [0.05, 0.1) is 0 Å². The van der Waals surface area contributed by atoms with Crippen molar-refractivity contribution in [1.29, 1.82) is 0 Å². The predicted octanol–water partition coefficient (Wildman–Crippen LogP) is 2.95. The van der Waals surface area contributed by atoms with Crippen molar-refractivity contribution in [3.8, 4) is 0 Å². The number of anilines is 2. The van der Waals surface area contributed by atoms with Crippen LogP contribution >= 0.6 is 11.3 Å². The number of nitrogen functional groups attached to an aromatic ring is 1. The first-order chi connectivity index (χ1) is 10.2. The number of rotatable bonds is 4. The van der Waals surface area contributed by atoms with Gasteiger partial charge in [0.15, 0.2) is 5.13 Å². The van der Waals surface area contributed by atoms with E-state index in [1.165, 1.54) is 37.0 Å². The van der Waals surface area contributed by atoms with Crippen LogP contribution in [0, 0.1) is 5.92 Å². The molecular formula is C15H24N4OS. The van der Waals surface area contributed by atoms with Gasteiger partial charge in [-0.25, -0.2) is 4.98 Å². The molecule has 1 atom stereocenters. The van der Waals surface area contributed by atoms with Gasteiger partial charge in [-0.05, 0) is 38.0 Å². The molecule has 0 spiro atoms. The van der Waals surface area contributed by atoms with Gasteiger partial charge in [0.25, 0.3) is 5.91 Å². The molecule has 21 heavy (non-hydrogen) atoms. The fraction of sp³-hybridized carbons (Fsp3) is 0.733. The zero-order valence-electron chi connectivity index (χ0n) is 12.6. The van der Waals surface area contributed by atoms with Gasteiger partial charge in [0.2, 0.25) is 0 Å². The molecule has 0 aromatic carbocycles. The third kappa shape index (κ3) is 3.48. The normalized spacial score (nSPS) is 22.9. The van der Waals surface area contributed by atoms with Crippen LogP contribution in [0.3, 0.4) is 0 Å². The first-order valence-corrected chi connectivity index (χ1v) is 8.81. The summed E-state index contributed by atoms with van der Waals surface area (Å²) in [7, 11) is 0. The van der Waals surface area contributed by atoms with Crippen molar-refractivity contribution in [2.75, 3.05) is 24.1 Å². The van der Waals surface area contributed by atoms with Crippen molar-refractivity contribution in [2.45, 2.75) is 51.5 Å². The van der Waals surface area contributed by atoms with Gasteiger partial charge in [0, 0.05) is 19.1 Å². The molecule has 1 aromatic rings. The van der Waals surface area contributed by atoms with Gasteiger partial charge < -0.3 is 16.0 Å². The van der Waals surface area contributed by atoms with Crippen molar-refractivity contribution in [3.05, 3.63) is 4.88 Å². The molecule has 2 heterocycles. The predicted molar refractivity (Wildman–Crippen MR) is 86.7 cm³/mol. The summed E-state index contributed by atoms with van der Waals surface area (Å²) in [6.45, 7) is 3.93. The van der Waals surface area contributed by atoms with Crippen LogP contribution in [-0.2, 0) is 0 Å². The standard InChI is InChI=1S/C15H24N4OS/c1-2-10-4-3-8-19(9-7-10)14(20)12-13(16)18-15(21-12)17-11-5-6-11/h10-11H,2-9,16H2,1H3,(H,17,18). The second kappa shape index (κ2) is 6.22. The quantitative estimate of drug-likeness (QED) is 0.897. The summed E-state index contributed by atoms with van der Waals surface area (Å²) in [5.41, 5.74) is 5.95. The maximum Gasteiger partial charge on any atom is 0.267 e.